The molecule has 0 amide bonds. The van der Waals surface area contributed by atoms with Gasteiger partial charge in [-0.1, -0.05) is 6.07 Å². The lowest BCUT2D eigenvalue weighted by atomic mass is 10.2. The fraction of sp³-hybridized carbons (Fsp3) is 0.250. The number of ether oxygens (including phenoxy) is 1. The Morgan fingerprint density at radius 3 is 3.00 bits per heavy atom. The molecule has 2 aromatic rings. The number of rotatable bonds is 1. The van der Waals surface area contributed by atoms with Gasteiger partial charge < -0.3 is 4.74 Å². The highest BCUT2D eigenvalue weighted by Crippen LogP contribution is 2.16. The number of pyridine rings is 1. The third-order valence-corrected chi connectivity index (χ3v) is 2.68. The summed E-state index contributed by atoms with van der Waals surface area (Å²) in [7, 11) is 1.91. The molecule has 0 radical (unpaired) electrons. The zero-order chi connectivity index (χ0) is 12.4. The zero-order valence-electron chi connectivity index (χ0n) is 10.0. The third-order valence-electron chi connectivity index (χ3n) is 2.68. The lowest BCUT2D eigenvalue weighted by molar-refractivity contribution is 0.180. The van der Waals surface area contributed by atoms with Crippen LogP contribution in [0.4, 0.5) is 0 Å². The van der Waals surface area contributed by atoms with Crippen LogP contribution in [0.5, 0.6) is 0 Å². The van der Waals surface area contributed by atoms with Crippen molar-refractivity contribution in [2.45, 2.75) is 0 Å². The summed E-state index contributed by atoms with van der Waals surface area (Å²) in [6.45, 7) is 1.41. The first-order chi connectivity index (χ1) is 8.83. The smallest absolute Gasteiger partial charge is 0.334 e. The Morgan fingerprint density at radius 1 is 1.28 bits per heavy atom. The Labute approximate surface area is 105 Å². The number of aromatic nitrogens is 3. The van der Waals surface area contributed by atoms with E-state index in [9.17, 15) is 0 Å². The van der Waals surface area contributed by atoms with Crippen LogP contribution in [-0.4, -0.2) is 46.0 Å². The van der Waals surface area contributed by atoms with Crippen LogP contribution in [-0.2, 0) is 4.74 Å². The molecule has 0 aliphatic carbocycles. The minimum Gasteiger partial charge on any atom is -0.460 e. The second-order valence-electron chi connectivity index (χ2n) is 4.03. The summed E-state index contributed by atoms with van der Waals surface area (Å²) in [5, 5.41) is 10.4. The van der Waals surface area contributed by atoms with Gasteiger partial charge in [-0.25, -0.2) is 0 Å². The van der Waals surface area contributed by atoms with Crippen LogP contribution in [0.1, 0.15) is 0 Å². The first-order valence-corrected chi connectivity index (χ1v) is 5.71. The SMILES string of the molecule is CN1CCOC(n2cc(-c3cccnc3)cn2)=N1. The Morgan fingerprint density at radius 2 is 2.22 bits per heavy atom. The number of nitrogens with zero attached hydrogens (tertiary/aromatic N) is 5. The molecule has 1 aliphatic rings. The molecule has 0 atom stereocenters. The lowest BCUT2D eigenvalue weighted by Crippen LogP contribution is -2.31. The van der Waals surface area contributed by atoms with Crippen LogP contribution in [0.3, 0.4) is 0 Å². The highest BCUT2D eigenvalue weighted by Gasteiger charge is 2.13. The van der Waals surface area contributed by atoms with Crippen molar-refractivity contribution in [2.24, 2.45) is 5.10 Å². The van der Waals surface area contributed by atoms with Crippen molar-refractivity contribution < 1.29 is 4.74 Å². The molecule has 0 unspecified atom stereocenters. The largest absolute Gasteiger partial charge is 0.460 e. The molecule has 92 valence electrons. The first kappa shape index (κ1) is 10.8. The number of hydrazone groups is 1. The number of hydrogen-bond donors (Lipinski definition) is 0. The van der Waals surface area contributed by atoms with E-state index in [1.54, 1.807) is 23.3 Å². The van der Waals surface area contributed by atoms with Gasteiger partial charge in [0.05, 0.1) is 12.7 Å². The van der Waals surface area contributed by atoms with E-state index in [0.717, 1.165) is 17.7 Å². The van der Waals surface area contributed by atoms with E-state index in [1.165, 1.54) is 0 Å². The maximum Gasteiger partial charge on any atom is 0.334 e. The molecule has 0 bridgehead atoms. The van der Waals surface area contributed by atoms with Gasteiger partial charge in [0.15, 0.2) is 0 Å². The van der Waals surface area contributed by atoms with Gasteiger partial charge in [0.25, 0.3) is 0 Å². The molecule has 0 N–H and O–H groups in total. The Hall–Kier alpha value is -2.37. The summed E-state index contributed by atoms with van der Waals surface area (Å²) in [4.78, 5) is 4.09. The molecular weight excluding hydrogens is 230 g/mol. The van der Waals surface area contributed by atoms with E-state index >= 15 is 0 Å². The molecule has 0 saturated heterocycles. The summed E-state index contributed by atoms with van der Waals surface area (Å²) >= 11 is 0. The summed E-state index contributed by atoms with van der Waals surface area (Å²) in [5.74, 6) is 0. The van der Waals surface area contributed by atoms with Gasteiger partial charge in [0.2, 0.25) is 0 Å². The molecule has 2 aromatic heterocycles. The van der Waals surface area contributed by atoms with Crippen molar-refractivity contribution in [3.8, 4) is 11.1 Å². The molecule has 0 fully saturated rings. The minimum absolute atomic E-state index is 0.499. The Balaban J connectivity index is 1.90. The van der Waals surface area contributed by atoms with Gasteiger partial charge in [0, 0.05) is 36.8 Å². The van der Waals surface area contributed by atoms with Gasteiger partial charge in [-0.2, -0.15) is 9.78 Å². The van der Waals surface area contributed by atoms with Crippen LogP contribution in [0, 0.1) is 0 Å². The number of hydrogen-bond acceptors (Lipinski definition) is 5. The zero-order valence-corrected chi connectivity index (χ0v) is 10.0. The second kappa shape index (κ2) is 4.48. The van der Waals surface area contributed by atoms with E-state index in [4.69, 9.17) is 4.74 Å². The standard InChI is InChI=1S/C12H13N5O/c1-16-5-6-18-12(15-16)17-9-11(8-14-17)10-3-2-4-13-7-10/h2-4,7-9H,5-6H2,1H3. The van der Waals surface area contributed by atoms with Gasteiger partial charge in [-0.15, -0.1) is 5.10 Å². The van der Waals surface area contributed by atoms with E-state index in [1.807, 2.05) is 30.4 Å². The number of likely N-dealkylation sites (N-methyl/N-ethyl adjacent to an activating group) is 1. The van der Waals surface area contributed by atoms with Crippen LogP contribution in [0.25, 0.3) is 11.1 Å². The van der Waals surface area contributed by atoms with Crippen LogP contribution in [0.2, 0.25) is 0 Å². The molecule has 3 heterocycles. The second-order valence-corrected chi connectivity index (χ2v) is 4.03. The third kappa shape index (κ3) is 2.04. The molecule has 3 rings (SSSR count). The summed E-state index contributed by atoms with van der Waals surface area (Å²) in [6.07, 6.45) is 7.21. The van der Waals surface area contributed by atoms with Crippen LogP contribution >= 0.6 is 0 Å². The predicted octanol–water partition coefficient (Wildman–Crippen LogP) is 1.03. The molecule has 0 aromatic carbocycles. The average molecular weight is 243 g/mol. The van der Waals surface area contributed by atoms with Crippen molar-refractivity contribution in [3.05, 3.63) is 36.9 Å². The van der Waals surface area contributed by atoms with Crippen LogP contribution < -0.4 is 0 Å². The van der Waals surface area contributed by atoms with Crippen molar-refractivity contribution in [2.75, 3.05) is 20.2 Å². The fourth-order valence-electron chi connectivity index (χ4n) is 1.72. The summed E-state index contributed by atoms with van der Waals surface area (Å²) in [6, 6.07) is 4.39. The molecule has 18 heavy (non-hydrogen) atoms. The maximum atomic E-state index is 5.48. The summed E-state index contributed by atoms with van der Waals surface area (Å²) < 4.78 is 7.11. The van der Waals surface area contributed by atoms with E-state index in [0.29, 0.717) is 12.6 Å². The van der Waals surface area contributed by atoms with Gasteiger partial charge in [-0.3, -0.25) is 9.99 Å². The van der Waals surface area contributed by atoms with Gasteiger partial charge in [0.1, 0.15) is 6.61 Å². The quantitative estimate of drug-likeness (QED) is 0.750. The topological polar surface area (TPSA) is 55.5 Å². The normalized spacial score (nSPS) is 15.2. The van der Waals surface area contributed by atoms with Crippen molar-refractivity contribution in [1.82, 2.24) is 19.8 Å². The molecule has 1 aliphatic heterocycles. The van der Waals surface area contributed by atoms with Crippen molar-refractivity contribution >= 4 is 6.02 Å². The predicted molar refractivity (Wildman–Crippen MR) is 66.9 cm³/mol. The minimum atomic E-state index is 0.499. The lowest BCUT2D eigenvalue weighted by Gasteiger charge is -2.20. The van der Waals surface area contributed by atoms with Gasteiger partial charge >= 0.3 is 6.02 Å². The maximum absolute atomic E-state index is 5.48. The van der Waals surface area contributed by atoms with E-state index in [-0.39, 0.29) is 0 Å². The summed E-state index contributed by atoms with van der Waals surface area (Å²) in [5.41, 5.74) is 2.01. The molecule has 0 spiro atoms. The monoisotopic (exact) mass is 243 g/mol. The fourth-order valence-corrected chi connectivity index (χ4v) is 1.72. The van der Waals surface area contributed by atoms with Crippen LogP contribution in [0.15, 0.2) is 42.0 Å². The van der Waals surface area contributed by atoms with Gasteiger partial charge in [-0.05, 0) is 6.07 Å². The molecule has 6 nitrogen and oxygen atoms in total. The Kier molecular flexibility index (Phi) is 2.68. The molecule has 0 saturated carbocycles. The Bertz CT molecular complexity index is 563. The molecular formula is C12H13N5O. The van der Waals surface area contributed by atoms with Crippen molar-refractivity contribution in [1.29, 1.82) is 0 Å². The highest BCUT2D eigenvalue weighted by molar-refractivity contribution is 5.77. The highest BCUT2D eigenvalue weighted by atomic mass is 16.5. The molecule has 6 heteroatoms. The van der Waals surface area contributed by atoms with E-state index in [2.05, 4.69) is 15.2 Å². The van der Waals surface area contributed by atoms with E-state index < -0.39 is 0 Å². The van der Waals surface area contributed by atoms with Crippen molar-refractivity contribution in [3.63, 3.8) is 0 Å². The average Bonchev–Trinajstić information content (AvgIpc) is 2.89. The first-order valence-electron chi connectivity index (χ1n) is 5.71.